The van der Waals surface area contributed by atoms with E-state index in [-0.39, 0.29) is 12.0 Å². The zero-order valence-corrected chi connectivity index (χ0v) is 19.0. The average Bonchev–Trinajstić information content (AvgIpc) is 3.45. The van der Waals surface area contributed by atoms with Gasteiger partial charge < -0.3 is 0 Å². The summed E-state index contributed by atoms with van der Waals surface area (Å²) in [6.07, 6.45) is 5.51. The fourth-order valence-corrected chi connectivity index (χ4v) is 7.16. The van der Waals surface area contributed by atoms with Crippen molar-refractivity contribution in [3.63, 3.8) is 0 Å². The lowest BCUT2D eigenvalue weighted by Crippen LogP contribution is -2.71. The lowest BCUT2D eigenvalue weighted by molar-refractivity contribution is -0.178. The van der Waals surface area contributed by atoms with E-state index in [0.717, 1.165) is 22.3 Å². The zero-order chi connectivity index (χ0) is 20.9. The van der Waals surface area contributed by atoms with Crippen LogP contribution < -0.4 is 0 Å². The van der Waals surface area contributed by atoms with Gasteiger partial charge in [0.2, 0.25) is 0 Å². The molecular weight excluding hydrogens is 414 g/mol. The van der Waals surface area contributed by atoms with Crippen LogP contribution in [0.2, 0.25) is 0 Å². The van der Waals surface area contributed by atoms with Gasteiger partial charge in [-0.1, -0.05) is 6.07 Å². The second-order valence-electron chi connectivity index (χ2n) is 8.63. The Balaban J connectivity index is 1.62. The van der Waals surface area contributed by atoms with Gasteiger partial charge in [-0.15, -0.1) is 22.7 Å². The average molecular weight is 440 g/mol. The van der Waals surface area contributed by atoms with Gasteiger partial charge >= 0.3 is 0 Å². The molecule has 3 aromatic rings. The highest BCUT2D eigenvalue weighted by molar-refractivity contribution is 7.10. The van der Waals surface area contributed by atoms with Crippen LogP contribution in [0, 0.1) is 11.3 Å². The highest BCUT2D eigenvalue weighted by Gasteiger charge is 2.66. The van der Waals surface area contributed by atoms with Crippen molar-refractivity contribution in [2.24, 2.45) is 11.3 Å². The molecule has 0 N–H and O–H groups in total. The van der Waals surface area contributed by atoms with E-state index >= 15 is 0 Å². The van der Waals surface area contributed by atoms with E-state index in [1.54, 1.807) is 22.7 Å². The van der Waals surface area contributed by atoms with Crippen molar-refractivity contribution in [1.29, 1.82) is 0 Å². The largest absolute Gasteiger partial charge is 0.299 e. The Morgan fingerprint density at radius 3 is 2.57 bits per heavy atom. The number of carbonyl (C=O) groups is 1. The maximum atomic E-state index is 14.0. The van der Waals surface area contributed by atoms with Crippen molar-refractivity contribution in [2.45, 2.75) is 32.0 Å². The number of ketones is 1. The van der Waals surface area contributed by atoms with E-state index in [0.29, 0.717) is 18.9 Å². The summed E-state index contributed by atoms with van der Waals surface area (Å²) in [4.78, 5) is 32.6. The molecule has 0 amide bonds. The topological polar surface area (TPSA) is 62.2 Å². The molecule has 0 aliphatic carbocycles. The second kappa shape index (κ2) is 7.30. The first-order valence-corrected chi connectivity index (χ1v) is 11.9. The molecule has 6 nitrogen and oxygen atoms in total. The van der Waals surface area contributed by atoms with Gasteiger partial charge in [0.15, 0.2) is 0 Å². The number of likely N-dealkylation sites (tertiary alicyclic amines) is 2. The number of rotatable bonds is 4. The van der Waals surface area contributed by atoms with Crippen LogP contribution in [0.15, 0.2) is 47.5 Å². The summed E-state index contributed by atoms with van der Waals surface area (Å²) < 4.78 is 0. The molecule has 0 saturated carbocycles. The monoisotopic (exact) mass is 439 g/mol. The maximum Gasteiger partial charge on any atom is 0.148 e. The molecule has 3 aromatic heterocycles. The number of piperidine rings is 2. The van der Waals surface area contributed by atoms with Gasteiger partial charge in [-0.2, -0.15) is 0 Å². The normalized spacial score (nSPS) is 32.4. The van der Waals surface area contributed by atoms with Crippen molar-refractivity contribution in [3.05, 3.63) is 63.3 Å². The van der Waals surface area contributed by atoms with Crippen LogP contribution in [-0.2, 0) is 16.9 Å². The molecule has 2 saturated heterocycles. The van der Waals surface area contributed by atoms with E-state index in [2.05, 4.69) is 46.7 Å². The number of thiazole rings is 2. The Morgan fingerprint density at radius 1 is 1.10 bits per heavy atom. The lowest BCUT2D eigenvalue weighted by atomic mass is 9.58. The molecule has 30 heavy (non-hydrogen) atoms. The number of hydrogen-bond donors (Lipinski definition) is 0. The number of aromatic nitrogens is 3. The van der Waals surface area contributed by atoms with Crippen molar-refractivity contribution in [3.8, 4) is 0 Å². The van der Waals surface area contributed by atoms with E-state index in [1.807, 2.05) is 41.5 Å². The third-order valence-corrected chi connectivity index (χ3v) is 8.95. The summed E-state index contributed by atoms with van der Waals surface area (Å²) in [6.45, 7) is 6.45. The van der Waals surface area contributed by atoms with E-state index in [4.69, 9.17) is 4.98 Å². The van der Waals surface area contributed by atoms with E-state index in [9.17, 15) is 4.79 Å². The molecule has 2 aliphatic rings. The second-order valence-corrected chi connectivity index (χ2v) is 10.4. The molecule has 4 atom stereocenters. The van der Waals surface area contributed by atoms with Gasteiger partial charge in [-0.3, -0.25) is 19.6 Å². The summed E-state index contributed by atoms with van der Waals surface area (Å²) in [5, 5.41) is 5.98. The number of Topliss-reactive ketones (excluding diaryl/α,β-unsaturated/α-hetero) is 1. The molecular formula is C22H25N5OS2. The fraction of sp³-hybridized carbons (Fsp3) is 0.455. The van der Waals surface area contributed by atoms with Crippen LogP contribution in [-0.4, -0.2) is 50.7 Å². The summed E-state index contributed by atoms with van der Waals surface area (Å²) in [5.74, 6) is 0.201. The fourth-order valence-electron chi connectivity index (χ4n) is 5.34. The van der Waals surface area contributed by atoms with Gasteiger partial charge in [0.05, 0.1) is 28.6 Å². The van der Waals surface area contributed by atoms with Gasteiger partial charge in [-0.05, 0) is 33.0 Å². The highest BCUT2D eigenvalue weighted by atomic mass is 32.1. The highest BCUT2D eigenvalue weighted by Crippen LogP contribution is 2.58. The molecule has 2 fully saturated rings. The molecule has 0 spiro atoms. The summed E-state index contributed by atoms with van der Waals surface area (Å²) >= 11 is 3.26. The number of fused-ring (bicyclic) bond motifs is 2. The van der Waals surface area contributed by atoms with Crippen molar-refractivity contribution >= 4 is 28.5 Å². The number of pyridine rings is 1. The Morgan fingerprint density at radius 2 is 1.90 bits per heavy atom. The molecule has 2 bridgehead atoms. The van der Waals surface area contributed by atoms with Crippen molar-refractivity contribution in [1.82, 2.24) is 24.8 Å². The van der Waals surface area contributed by atoms with Crippen molar-refractivity contribution < 1.29 is 4.79 Å². The SMILES string of the molecule is CN1C(c2nccs2)C2CN(Cc3ccccn3)CC(C)(C2=O)C1(C)c1nccs1. The van der Waals surface area contributed by atoms with Gasteiger partial charge in [0.25, 0.3) is 0 Å². The number of hydrogen-bond acceptors (Lipinski definition) is 8. The first-order chi connectivity index (χ1) is 14.4. The van der Waals surface area contributed by atoms with Crippen LogP contribution in [0.25, 0.3) is 0 Å². The maximum absolute atomic E-state index is 14.0. The predicted octanol–water partition coefficient (Wildman–Crippen LogP) is 3.60. The third kappa shape index (κ3) is 2.81. The lowest BCUT2D eigenvalue weighted by Gasteiger charge is -2.62. The minimum absolute atomic E-state index is 0.0639. The molecule has 5 heterocycles. The van der Waals surface area contributed by atoms with Gasteiger partial charge in [0.1, 0.15) is 15.8 Å². The Labute approximate surface area is 184 Å². The Hall–Kier alpha value is -2.00. The Bertz CT molecular complexity index is 1030. The first kappa shape index (κ1) is 19.9. The van der Waals surface area contributed by atoms with Gasteiger partial charge in [0, 0.05) is 49.0 Å². The molecule has 0 aromatic carbocycles. The smallest absolute Gasteiger partial charge is 0.148 e. The van der Waals surface area contributed by atoms with Crippen molar-refractivity contribution in [2.75, 3.05) is 20.1 Å². The number of carbonyl (C=O) groups excluding carboxylic acids is 1. The van der Waals surface area contributed by atoms with Crippen LogP contribution in [0.3, 0.4) is 0 Å². The zero-order valence-electron chi connectivity index (χ0n) is 17.4. The summed E-state index contributed by atoms with van der Waals surface area (Å²) in [7, 11) is 2.14. The van der Waals surface area contributed by atoms with Crippen LogP contribution in [0.5, 0.6) is 0 Å². The minimum atomic E-state index is -0.578. The van der Waals surface area contributed by atoms with Crippen LogP contribution in [0.4, 0.5) is 0 Å². The summed E-state index contributed by atoms with van der Waals surface area (Å²) in [5.41, 5.74) is -0.0671. The van der Waals surface area contributed by atoms with Crippen LogP contribution >= 0.6 is 22.7 Å². The van der Waals surface area contributed by atoms with E-state index in [1.165, 1.54) is 0 Å². The van der Waals surface area contributed by atoms with Crippen LogP contribution in [0.1, 0.15) is 35.6 Å². The first-order valence-electron chi connectivity index (χ1n) is 10.1. The molecule has 5 rings (SSSR count). The quantitative estimate of drug-likeness (QED) is 0.619. The molecule has 8 heteroatoms. The van der Waals surface area contributed by atoms with E-state index < -0.39 is 11.0 Å². The summed E-state index contributed by atoms with van der Waals surface area (Å²) in [6, 6.07) is 5.95. The third-order valence-electron chi connectivity index (χ3n) is 7.12. The molecule has 0 radical (unpaired) electrons. The molecule has 2 aliphatic heterocycles. The van der Waals surface area contributed by atoms with Gasteiger partial charge in [-0.25, -0.2) is 9.97 Å². The molecule has 156 valence electrons. The minimum Gasteiger partial charge on any atom is -0.299 e. The standard InChI is InChI=1S/C22H25N5OS2/c1-21-14-27(12-15-6-4-5-7-23-15)13-16(18(21)28)17(19-24-8-10-29-19)26(3)22(21,2)20-25-9-11-30-20/h4-11,16-17H,12-14H2,1-3H3. The predicted molar refractivity (Wildman–Crippen MR) is 118 cm³/mol. The Kier molecular flexibility index (Phi) is 4.85. The molecule has 4 unspecified atom stereocenters. The number of nitrogens with zero attached hydrogens (tertiary/aromatic N) is 5.